The van der Waals surface area contributed by atoms with Gasteiger partial charge in [0.2, 0.25) is 5.13 Å². The van der Waals surface area contributed by atoms with Gasteiger partial charge in [-0.25, -0.2) is 0 Å². The van der Waals surface area contributed by atoms with E-state index in [0.717, 1.165) is 34.7 Å². The second kappa shape index (κ2) is 9.11. The minimum Gasteiger partial charge on any atom is -0.483 e. The Morgan fingerprint density at radius 3 is 2.50 bits per heavy atom. The SMILES string of the molecule is CSc1ccc(C2C3=C(OC4CC(C)C(C)CC4C3=O)C(=O)N2c2nnc(CC(C)C)s2)cc1. The lowest BCUT2D eigenvalue weighted by Gasteiger charge is -2.40. The Bertz CT molecular complexity index is 1140. The van der Waals surface area contributed by atoms with Gasteiger partial charge in [-0.15, -0.1) is 22.0 Å². The monoisotopic (exact) mass is 497 g/mol. The molecule has 5 rings (SSSR count). The summed E-state index contributed by atoms with van der Waals surface area (Å²) in [6, 6.07) is 7.54. The van der Waals surface area contributed by atoms with Gasteiger partial charge in [-0.05, 0) is 54.5 Å². The first-order valence-electron chi connectivity index (χ1n) is 12.0. The van der Waals surface area contributed by atoms with Crippen LogP contribution in [0, 0.1) is 23.7 Å². The lowest BCUT2D eigenvalue weighted by atomic mass is 9.70. The van der Waals surface area contributed by atoms with E-state index in [1.54, 1.807) is 16.7 Å². The van der Waals surface area contributed by atoms with Gasteiger partial charge in [0.1, 0.15) is 11.1 Å². The van der Waals surface area contributed by atoms with Crippen molar-refractivity contribution >= 4 is 39.9 Å². The molecular formula is C26H31N3O3S2. The first-order valence-corrected chi connectivity index (χ1v) is 14.1. The molecule has 1 amide bonds. The van der Waals surface area contributed by atoms with Crippen LogP contribution in [0.3, 0.4) is 0 Å². The Kier molecular flexibility index (Phi) is 6.31. The van der Waals surface area contributed by atoms with Gasteiger partial charge < -0.3 is 4.74 Å². The number of amides is 1. The zero-order chi connectivity index (χ0) is 24.1. The topological polar surface area (TPSA) is 72.4 Å². The molecule has 3 heterocycles. The highest BCUT2D eigenvalue weighted by atomic mass is 32.2. The number of carbonyl (C=O) groups is 2. The average molecular weight is 498 g/mol. The van der Waals surface area contributed by atoms with Crippen molar-refractivity contribution in [1.82, 2.24) is 10.2 Å². The van der Waals surface area contributed by atoms with Crippen molar-refractivity contribution in [3.63, 3.8) is 0 Å². The molecule has 1 aliphatic carbocycles. The number of thioether (sulfide) groups is 1. The fourth-order valence-corrected chi connectivity index (χ4v) is 6.82. The minimum absolute atomic E-state index is 0.0618. The lowest BCUT2D eigenvalue weighted by molar-refractivity contribution is -0.134. The molecule has 6 nitrogen and oxygen atoms in total. The van der Waals surface area contributed by atoms with E-state index in [0.29, 0.717) is 28.5 Å². The van der Waals surface area contributed by atoms with Gasteiger partial charge in [0.25, 0.3) is 5.91 Å². The van der Waals surface area contributed by atoms with Crippen molar-refractivity contribution in [2.45, 2.75) is 64.0 Å². The number of hydrogen-bond acceptors (Lipinski definition) is 7. The quantitative estimate of drug-likeness (QED) is 0.512. The van der Waals surface area contributed by atoms with Crippen molar-refractivity contribution in [3.05, 3.63) is 46.2 Å². The van der Waals surface area contributed by atoms with Crippen molar-refractivity contribution in [1.29, 1.82) is 0 Å². The first kappa shape index (κ1) is 23.5. The highest BCUT2D eigenvalue weighted by Gasteiger charge is 2.54. The van der Waals surface area contributed by atoms with E-state index in [9.17, 15) is 9.59 Å². The molecule has 1 aromatic heterocycles. The third-order valence-electron chi connectivity index (χ3n) is 7.39. The third-order valence-corrected chi connectivity index (χ3v) is 9.08. The van der Waals surface area contributed by atoms with E-state index in [2.05, 4.69) is 37.9 Å². The molecule has 0 saturated heterocycles. The molecule has 2 aliphatic heterocycles. The first-order chi connectivity index (χ1) is 16.3. The maximum atomic E-state index is 13.9. The van der Waals surface area contributed by atoms with E-state index in [1.807, 2.05) is 30.5 Å². The van der Waals surface area contributed by atoms with Gasteiger partial charge in [-0.1, -0.05) is 51.2 Å². The van der Waals surface area contributed by atoms with E-state index in [4.69, 9.17) is 4.74 Å². The summed E-state index contributed by atoms with van der Waals surface area (Å²) < 4.78 is 6.36. The second-order valence-corrected chi connectivity index (χ2v) is 12.1. The standard InChI is InChI=1S/C26H31N3O3S2/c1-13(2)10-20-27-28-26(34-20)29-22(16-6-8-17(33-5)9-7-16)21-23(30)18-11-14(3)15(4)12-19(18)32-24(21)25(29)31/h6-9,13-15,18-19,22H,10-12H2,1-5H3. The number of hydrogen-bond donors (Lipinski definition) is 0. The highest BCUT2D eigenvalue weighted by Crippen LogP contribution is 2.50. The molecule has 1 saturated carbocycles. The zero-order valence-electron chi connectivity index (χ0n) is 20.3. The largest absolute Gasteiger partial charge is 0.483 e. The van der Waals surface area contributed by atoms with Crippen LogP contribution < -0.4 is 4.90 Å². The number of rotatable bonds is 5. The molecule has 5 unspecified atom stereocenters. The van der Waals surface area contributed by atoms with E-state index < -0.39 is 6.04 Å². The van der Waals surface area contributed by atoms with Gasteiger partial charge in [0.15, 0.2) is 11.5 Å². The number of Topliss-reactive ketones (excluding diaryl/α,β-unsaturated/α-hetero) is 1. The van der Waals surface area contributed by atoms with Crippen LogP contribution in [-0.4, -0.2) is 34.2 Å². The summed E-state index contributed by atoms with van der Waals surface area (Å²) in [6.07, 6.45) is 4.20. The van der Waals surface area contributed by atoms with E-state index >= 15 is 0 Å². The number of ketones is 1. The summed E-state index contributed by atoms with van der Waals surface area (Å²) in [7, 11) is 0. The number of fused-ring (bicyclic) bond motifs is 1. The molecule has 0 radical (unpaired) electrons. The number of ether oxygens (including phenoxy) is 1. The predicted octanol–water partition coefficient (Wildman–Crippen LogP) is 5.45. The van der Waals surface area contributed by atoms with E-state index in [1.165, 1.54) is 11.3 Å². The summed E-state index contributed by atoms with van der Waals surface area (Å²) in [6.45, 7) is 8.68. The van der Waals surface area contributed by atoms with Gasteiger partial charge in [-0.3, -0.25) is 14.5 Å². The fourth-order valence-electron chi connectivity index (χ4n) is 5.33. The fraction of sp³-hybridized carbons (Fsp3) is 0.538. The molecule has 34 heavy (non-hydrogen) atoms. The Balaban J connectivity index is 1.58. The Hall–Kier alpha value is -2.19. The molecule has 2 aromatic rings. The van der Waals surface area contributed by atoms with Crippen LogP contribution in [0.4, 0.5) is 5.13 Å². The number of benzene rings is 1. The summed E-state index contributed by atoms with van der Waals surface area (Å²) in [5.41, 5.74) is 1.38. The molecule has 0 bridgehead atoms. The molecular weight excluding hydrogens is 466 g/mol. The van der Waals surface area contributed by atoms with Crippen LogP contribution in [0.2, 0.25) is 0 Å². The van der Waals surface area contributed by atoms with Crippen LogP contribution in [-0.2, 0) is 20.7 Å². The molecule has 8 heteroatoms. The molecule has 0 N–H and O–H groups in total. The second-order valence-electron chi connectivity index (χ2n) is 10.2. The van der Waals surface area contributed by atoms with Crippen molar-refractivity contribution in [2.24, 2.45) is 23.7 Å². The minimum atomic E-state index is -0.540. The molecule has 180 valence electrons. The summed E-state index contributed by atoms with van der Waals surface area (Å²) in [4.78, 5) is 30.5. The molecule has 1 aromatic carbocycles. The zero-order valence-corrected chi connectivity index (χ0v) is 21.9. The normalized spacial score (nSPS) is 28.9. The number of aromatic nitrogens is 2. The van der Waals surface area contributed by atoms with Gasteiger partial charge in [0.05, 0.1) is 17.5 Å². The van der Waals surface area contributed by atoms with Crippen LogP contribution in [0.15, 0.2) is 40.5 Å². The molecule has 3 aliphatic rings. The van der Waals surface area contributed by atoms with Crippen LogP contribution in [0.25, 0.3) is 0 Å². The number of anilines is 1. The smallest absolute Gasteiger partial charge is 0.296 e. The predicted molar refractivity (Wildman–Crippen MR) is 135 cm³/mol. The van der Waals surface area contributed by atoms with Crippen LogP contribution in [0.1, 0.15) is 57.1 Å². The number of carbonyl (C=O) groups excluding carboxylic acids is 2. The Labute approximate surface area is 209 Å². The molecule has 0 spiro atoms. The summed E-state index contributed by atoms with van der Waals surface area (Å²) in [5, 5.41) is 10.1. The van der Waals surface area contributed by atoms with Crippen molar-refractivity contribution in [2.75, 3.05) is 11.2 Å². The average Bonchev–Trinajstić information content (AvgIpc) is 3.37. The van der Waals surface area contributed by atoms with E-state index in [-0.39, 0.29) is 29.5 Å². The third kappa shape index (κ3) is 3.98. The highest BCUT2D eigenvalue weighted by molar-refractivity contribution is 7.98. The Morgan fingerprint density at radius 1 is 1.12 bits per heavy atom. The lowest BCUT2D eigenvalue weighted by Crippen LogP contribution is -2.43. The maximum absolute atomic E-state index is 13.9. The van der Waals surface area contributed by atoms with Crippen LogP contribution in [0.5, 0.6) is 0 Å². The van der Waals surface area contributed by atoms with Gasteiger partial charge >= 0.3 is 0 Å². The maximum Gasteiger partial charge on any atom is 0.296 e. The van der Waals surface area contributed by atoms with Crippen molar-refractivity contribution < 1.29 is 14.3 Å². The summed E-state index contributed by atoms with van der Waals surface area (Å²) in [5.74, 6) is 1.15. The Morgan fingerprint density at radius 2 is 1.82 bits per heavy atom. The van der Waals surface area contributed by atoms with Crippen LogP contribution >= 0.6 is 23.1 Å². The number of nitrogens with zero attached hydrogens (tertiary/aromatic N) is 3. The van der Waals surface area contributed by atoms with Crippen molar-refractivity contribution in [3.8, 4) is 0 Å². The molecule has 5 atom stereocenters. The van der Waals surface area contributed by atoms with Gasteiger partial charge in [-0.2, -0.15) is 0 Å². The summed E-state index contributed by atoms with van der Waals surface area (Å²) >= 11 is 3.09. The molecule has 1 fully saturated rings. The van der Waals surface area contributed by atoms with Gasteiger partial charge in [0, 0.05) is 11.3 Å².